The van der Waals surface area contributed by atoms with E-state index in [1.807, 2.05) is 13.8 Å². The highest BCUT2D eigenvalue weighted by Gasteiger charge is 2.10. The summed E-state index contributed by atoms with van der Waals surface area (Å²) in [5.74, 6) is 1.74. The van der Waals surface area contributed by atoms with E-state index < -0.39 is 0 Å². The molecule has 0 saturated carbocycles. The molecule has 1 aliphatic carbocycles. The van der Waals surface area contributed by atoms with Crippen LogP contribution in [-0.2, 0) is 0 Å². The SMILES string of the molecule is CC.CC1C=CCC[C@@H]1C. The van der Waals surface area contributed by atoms with Crippen LogP contribution in [0.3, 0.4) is 0 Å². The Labute approximate surface area is 65.3 Å². The molecule has 0 radical (unpaired) electrons. The topological polar surface area (TPSA) is 0 Å². The lowest BCUT2D eigenvalue weighted by Crippen LogP contribution is -2.07. The summed E-state index contributed by atoms with van der Waals surface area (Å²) in [6.45, 7) is 8.62. The van der Waals surface area contributed by atoms with Gasteiger partial charge >= 0.3 is 0 Å². The minimum Gasteiger partial charge on any atom is -0.0882 e. The lowest BCUT2D eigenvalue weighted by molar-refractivity contribution is 0.413. The summed E-state index contributed by atoms with van der Waals surface area (Å²) in [5.41, 5.74) is 0. The molecule has 0 aliphatic heterocycles. The van der Waals surface area contributed by atoms with Gasteiger partial charge in [0.25, 0.3) is 0 Å². The quantitative estimate of drug-likeness (QED) is 0.451. The molecule has 60 valence electrons. The summed E-state index contributed by atoms with van der Waals surface area (Å²) >= 11 is 0. The van der Waals surface area contributed by atoms with Gasteiger partial charge in [-0.2, -0.15) is 0 Å². The van der Waals surface area contributed by atoms with Crippen LogP contribution in [0.4, 0.5) is 0 Å². The zero-order chi connectivity index (χ0) is 7.98. The second kappa shape index (κ2) is 5.52. The van der Waals surface area contributed by atoms with Crippen molar-refractivity contribution in [1.82, 2.24) is 0 Å². The molecule has 0 spiro atoms. The van der Waals surface area contributed by atoms with E-state index in [-0.39, 0.29) is 0 Å². The summed E-state index contributed by atoms with van der Waals surface area (Å²) < 4.78 is 0. The van der Waals surface area contributed by atoms with Gasteiger partial charge in [-0.3, -0.25) is 0 Å². The number of allylic oxidation sites excluding steroid dienone is 2. The fourth-order valence-electron chi connectivity index (χ4n) is 1.12. The van der Waals surface area contributed by atoms with Crippen molar-refractivity contribution in [3.8, 4) is 0 Å². The maximum absolute atomic E-state index is 2.33. The average molecular weight is 140 g/mol. The third kappa shape index (κ3) is 3.05. The molecule has 0 aromatic carbocycles. The van der Waals surface area contributed by atoms with Gasteiger partial charge < -0.3 is 0 Å². The van der Waals surface area contributed by atoms with E-state index in [9.17, 15) is 0 Å². The largest absolute Gasteiger partial charge is 0.0882 e. The second-order valence-electron chi connectivity index (χ2n) is 2.84. The number of hydrogen-bond donors (Lipinski definition) is 0. The van der Waals surface area contributed by atoms with Crippen LogP contribution in [0.2, 0.25) is 0 Å². The molecule has 0 fully saturated rings. The molecule has 2 atom stereocenters. The van der Waals surface area contributed by atoms with Crippen LogP contribution >= 0.6 is 0 Å². The fourth-order valence-corrected chi connectivity index (χ4v) is 1.12. The first kappa shape index (κ1) is 9.74. The molecule has 0 bridgehead atoms. The maximum atomic E-state index is 2.33. The molecule has 0 N–H and O–H groups in total. The molecule has 0 heteroatoms. The van der Waals surface area contributed by atoms with E-state index in [0.29, 0.717) is 0 Å². The second-order valence-corrected chi connectivity index (χ2v) is 2.84. The van der Waals surface area contributed by atoms with Crippen molar-refractivity contribution in [3.63, 3.8) is 0 Å². The minimum atomic E-state index is 0.823. The van der Waals surface area contributed by atoms with Gasteiger partial charge in [-0.25, -0.2) is 0 Å². The Morgan fingerprint density at radius 1 is 1.20 bits per heavy atom. The van der Waals surface area contributed by atoms with Crippen molar-refractivity contribution in [2.24, 2.45) is 11.8 Å². The van der Waals surface area contributed by atoms with Crippen molar-refractivity contribution < 1.29 is 0 Å². The van der Waals surface area contributed by atoms with E-state index in [2.05, 4.69) is 26.0 Å². The van der Waals surface area contributed by atoms with E-state index in [0.717, 1.165) is 11.8 Å². The van der Waals surface area contributed by atoms with E-state index in [1.54, 1.807) is 0 Å². The van der Waals surface area contributed by atoms with Crippen molar-refractivity contribution in [2.75, 3.05) is 0 Å². The predicted molar refractivity (Wildman–Crippen MR) is 48.1 cm³/mol. The van der Waals surface area contributed by atoms with Crippen LogP contribution in [0.15, 0.2) is 12.2 Å². The molecular weight excluding hydrogens is 120 g/mol. The fraction of sp³-hybridized carbons (Fsp3) is 0.800. The third-order valence-electron chi connectivity index (χ3n) is 2.13. The summed E-state index contributed by atoms with van der Waals surface area (Å²) in [7, 11) is 0. The lowest BCUT2D eigenvalue weighted by Gasteiger charge is -2.19. The monoisotopic (exact) mass is 140 g/mol. The standard InChI is InChI=1S/C8H14.C2H6/c1-7-5-3-4-6-8(7)2;1-2/h3,5,7-8H,4,6H2,1-2H3;1-2H3/t7?,8-;/m0./s1. The van der Waals surface area contributed by atoms with Crippen LogP contribution < -0.4 is 0 Å². The molecule has 0 aromatic heterocycles. The lowest BCUT2D eigenvalue weighted by atomic mass is 9.87. The van der Waals surface area contributed by atoms with Crippen molar-refractivity contribution in [3.05, 3.63) is 12.2 Å². The normalized spacial score (nSPS) is 30.8. The zero-order valence-corrected chi connectivity index (χ0v) is 7.72. The Balaban J connectivity index is 0.000000371. The van der Waals surface area contributed by atoms with Crippen LogP contribution in [0, 0.1) is 11.8 Å². The Bertz CT molecular complexity index is 92.2. The summed E-state index contributed by atoms with van der Waals surface area (Å²) in [6, 6.07) is 0. The molecule has 0 heterocycles. The van der Waals surface area contributed by atoms with Crippen LogP contribution in [-0.4, -0.2) is 0 Å². The summed E-state index contributed by atoms with van der Waals surface area (Å²) in [4.78, 5) is 0. The van der Waals surface area contributed by atoms with E-state index in [4.69, 9.17) is 0 Å². The van der Waals surface area contributed by atoms with Crippen LogP contribution in [0.5, 0.6) is 0 Å². The van der Waals surface area contributed by atoms with Gasteiger partial charge in [0.2, 0.25) is 0 Å². The Morgan fingerprint density at radius 2 is 1.80 bits per heavy atom. The summed E-state index contributed by atoms with van der Waals surface area (Å²) in [5, 5.41) is 0. The number of rotatable bonds is 0. The minimum absolute atomic E-state index is 0.823. The van der Waals surface area contributed by atoms with E-state index >= 15 is 0 Å². The predicted octanol–water partition coefficient (Wildman–Crippen LogP) is 3.63. The van der Waals surface area contributed by atoms with Crippen LogP contribution in [0.25, 0.3) is 0 Å². The van der Waals surface area contributed by atoms with Crippen molar-refractivity contribution in [1.29, 1.82) is 0 Å². The van der Waals surface area contributed by atoms with Gasteiger partial charge in [-0.15, -0.1) is 0 Å². The van der Waals surface area contributed by atoms with Gasteiger partial charge in [0.15, 0.2) is 0 Å². The van der Waals surface area contributed by atoms with Crippen molar-refractivity contribution >= 4 is 0 Å². The molecule has 10 heavy (non-hydrogen) atoms. The first-order valence-electron chi connectivity index (χ1n) is 4.47. The molecule has 0 aromatic rings. The van der Waals surface area contributed by atoms with Gasteiger partial charge in [0.05, 0.1) is 0 Å². The van der Waals surface area contributed by atoms with Gasteiger partial charge in [-0.1, -0.05) is 39.8 Å². The smallest absolute Gasteiger partial charge is 0.0236 e. The molecule has 1 aliphatic rings. The number of hydrogen-bond acceptors (Lipinski definition) is 0. The molecule has 1 rings (SSSR count). The average Bonchev–Trinajstić information content (AvgIpc) is 2.00. The Kier molecular flexibility index (Phi) is 5.38. The Hall–Kier alpha value is -0.260. The molecule has 0 nitrogen and oxygen atoms in total. The third-order valence-corrected chi connectivity index (χ3v) is 2.13. The first-order chi connectivity index (χ1) is 4.80. The molecule has 1 unspecified atom stereocenters. The maximum Gasteiger partial charge on any atom is -0.0236 e. The van der Waals surface area contributed by atoms with Crippen LogP contribution in [0.1, 0.15) is 40.5 Å². The first-order valence-corrected chi connectivity index (χ1v) is 4.47. The van der Waals surface area contributed by atoms with Crippen molar-refractivity contribution in [2.45, 2.75) is 40.5 Å². The van der Waals surface area contributed by atoms with Gasteiger partial charge in [0, 0.05) is 0 Å². The molecular formula is C10H20. The molecule has 0 saturated heterocycles. The van der Waals surface area contributed by atoms with Gasteiger partial charge in [0.1, 0.15) is 0 Å². The highest BCUT2D eigenvalue weighted by atomic mass is 14.2. The van der Waals surface area contributed by atoms with Gasteiger partial charge in [-0.05, 0) is 24.7 Å². The summed E-state index contributed by atoms with van der Waals surface area (Å²) in [6.07, 6.45) is 7.31. The highest BCUT2D eigenvalue weighted by molar-refractivity contribution is 4.93. The Morgan fingerprint density at radius 3 is 2.10 bits per heavy atom. The van der Waals surface area contributed by atoms with E-state index in [1.165, 1.54) is 12.8 Å². The molecule has 0 amide bonds. The highest BCUT2D eigenvalue weighted by Crippen LogP contribution is 2.22. The zero-order valence-electron chi connectivity index (χ0n) is 7.72.